The van der Waals surface area contributed by atoms with Crippen LogP contribution in [0.3, 0.4) is 0 Å². The second kappa shape index (κ2) is 4.83. The fourth-order valence-corrected chi connectivity index (χ4v) is 1.35. The van der Waals surface area contributed by atoms with Crippen LogP contribution in [0.25, 0.3) is 0 Å². The Bertz CT molecular complexity index is 582. The molecular formula is C13H11FN2O2. The molecule has 1 heterocycles. The van der Waals surface area contributed by atoms with Gasteiger partial charge in [0.25, 0.3) is 5.88 Å². The van der Waals surface area contributed by atoms with Gasteiger partial charge in [0, 0.05) is 6.20 Å². The number of benzene rings is 1. The van der Waals surface area contributed by atoms with Crippen LogP contribution in [0.15, 0.2) is 36.5 Å². The number of aryl methyl sites for hydroxylation is 1. The fraction of sp³-hybridized carbons (Fsp3) is 0.0769. The van der Waals surface area contributed by atoms with Gasteiger partial charge in [-0.1, -0.05) is 17.7 Å². The first-order chi connectivity index (χ1) is 8.56. The SMILES string of the molecule is Cc1ccc(Oc2ncc(C(N)=O)cc2F)cc1. The van der Waals surface area contributed by atoms with Gasteiger partial charge in [0.15, 0.2) is 5.82 Å². The smallest absolute Gasteiger partial charge is 0.255 e. The lowest BCUT2D eigenvalue weighted by atomic mass is 10.2. The van der Waals surface area contributed by atoms with Gasteiger partial charge in [-0.3, -0.25) is 4.79 Å². The molecule has 0 aliphatic heterocycles. The van der Waals surface area contributed by atoms with Gasteiger partial charge in [-0.2, -0.15) is 0 Å². The summed E-state index contributed by atoms with van der Waals surface area (Å²) < 4.78 is 18.8. The van der Waals surface area contributed by atoms with E-state index in [0.29, 0.717) is 5.75 Å². The molecular weight excluding hydrogens is 235 g/mol. The number of ether oxygens (including phenoxy) is 1. The van der Waals surface area contributed by atoms with Gasteiger partial charge in [0.2, 0.25) is 5.91 Å². The van der Waals surface area contributed by atoms with Crippen molar-refractivity contribution in [2.24, 2.45) is 5.73 Å². The van der Waals surface area contributed by atoms with Crippen LogP contribution in [0.5, 0.6) is 11.6 Å². The lowest BCUT2D eigenvalue weighted by molar-refractivity contribution is 0.0999. The molecule has 2 rings (SSSR count). The molecule has 1 aromatic carbocycles. The number of halogens is 1. The molecule has 4 nitrogen and oxygen atoms in total. The van der Waals surface area contributed by atoms with Gasteiger partial charge in [-0.15, -0.1) is 0 Å². The van der Waals surface area contributed by atoms with Gasteiger partial charge in [-0.05, 0) is 25.1 Å². The Balaban J connectivity index is 2.24. The molecule has 2 aromatic rings. The average Bonchev–Trinajstić information content (AvgIpc) is 2.34. The van der Waals surface area contributed by atoms with Crippen molar-refractivity contribution in [3.8, 4) is 11.6 Å². The number of aromatic nitrogens is 1. The first kappa shape index (κ1) is 12.0. The number of carbonyl (C=O) groups is 1. The van der Waals surface area contributed by atoms with E-state index in [1.165, 1.54) is 6.20 Å². The number of amides is 1. The summed E-state index contributed by atoms with van der Waals surface area (Å²) in [5.74, 6) is -1.18. The molecule has 0 aliphatic rings. The fourth-order valence-electron chi connectivity index (χ4n) is 1.35. The molecule has 5 heteroatoms. The monoisotopic (exact) mass is 246 g/mol. The van der Waals surface area contributed by atoms with Gasteiger partial charge < -0.3 is 10.5 Å². The quantitative estimate of drug-likeness (QED) is 0.904. The van der Waals surface area contributed by atoms with Crippen molar-refractivity contribution in [2.45, 2.75) is 6.92 Å². The van der Waals surface area contributed by atoms with Crippen LogP contribution in [0.4, 0.5) is 4.39 Å². The zero-order chi connectivity index (χ0) is 13.1. The van der Waals surface area contributed by atoms with Crippen LogP contribution < -0.4 is 10.5 Å². The molecule has 92 valence electrons. The van der Waals surface area contributed by atoms with E-state index in [1.807, 2.05) is 19.1 Å². The van der Waals surface area contributed by atoms with Gasteiger partial charge in [0.1, 0.15) is 5.75 Å². The van der Waals surface area contributed by atoms with Crippen molar-refractivity contribution in [2.75, 3.05) is 0 Å². The molecule has 1 amide bonds. The Morgan fingerprint density at radius 1 is 1.33 bits per heavy atom. The van der Waals surface area contributed by atoms with E-state index < -0.39 is 11.7 Å². The number of primary amides is 1. The molecule has 0 spiro atoms. The van der Waals surface area contributed by atoms with Gasteiger partial charge >= 0.3 is 0 Å². The van der Waals surface area contributed by atoms with Gasteiger partial charge in [-0.25, -0.2) is 9.37 Å². The number of hydrogen-bond donors (Lipinski definition) is 1. The predicted molar refractivity (Wildman–Crippen MR) is 64.0 cm³/mol. The number of hydrogen-bond acceptors (Lipinski definition) is 3. The van der Waals surface area contributed by atoms with Crippen molar-refractivity contribution in [1.29, 1.82) is 0 Å². The molecule has 0 bridgehead atoms. The highest BCUT2D eigenvalue weighted by Crippen LogP contribution is 2.22. The lowest BCUT2D eigenvalue weighted by Crippen LogP contribution is -2.11. The Hall–Kier alpha value is -2.43. The summed E-state index contributed by atoms with van der Waals surface area (Å²) in [6.45, 7) is 1.93. The molecule has 2 N–H and O–H groups in total. The van der Waals surface area contributed by atoms with Crippen LogP contribution in [0, 0.1) is 12.7 Å². The first-order valence-corrected chi connectivity index (χ1v) is 5.26. The van der Waals surface area contributed by atoms with E-state index in [4.69, 9.17) is 10.5 Å². The predicted octanol–water partition coefficient (Wildman–Crippen LogP) is 2.42. The third kappa shape index (κ3) is 2.63. The third-order valence-corrected chi connectivity index (χ3v) is 2.33. The number of rotatable bonds is 3. The second-order valence-electron chi connectivity index (χ2n) is 3.79. The molecule has 0 atom stereocenters. The van der Waals surface area contributed by atoms with Crippen molar-refractivity contribution < 1.29 is 13.9 Å². The van der Waals surface area contributed by atoms with Crippen LogP contribution in [-0.4, -0.2) is 10.9 Å². The summed E-state index contributed by atoms with van der Waals surface area (Å²) in [6.07, 6.45) is 1.18. The maximum absolute atomic E-state index is 13.6. The molecule has 0 unspecified atom stereocenters. The van der Waals surface area contributed by atoms with E-state index >= 15 is 0 Å². The molecule has 0 fully saturated rings. The highest BCUT2D eigenvalue weighted by Gasteiger charge is 2.10. The highest BCUT2D eigenvalue weighted by atomic mass is 19.1. The molecule has 1 aromatic heterocycles. The minimum absolute atomic E-state index is 0.00348. The largest absolute Gasteiger partial charge is 0.436 e. The van der Waals surface area contributed by atoms with E-state index in [0.717, 1.165) is 11.6 Å². The van der Waals surface area contributed by atoms with E-state index in [1.54, 1.807) is 12.1 Å². The third-order valence-electron chi connectivity index (χ3n) is 2.33. The normalized spacial score (nSPS) is 10.1. The molecule has 0 saturated carbocycles. The minimum atomic E-state index is -0.733. The van der Waals surface area contributed by atoms with E-state index in [9.17, 15) is 9.18 Å². The second-order valence-corrected chi connectivity index (χ2v) is 3.79. The zero-order valence-corrected chi connectivity index (χ0v) is 9.68. The van der Waals surface area contributed by atoms with Crippen molar-refractivity contribution in [3.63, 3.8) is 0 Å². The van der Waals surface area contributed by atoms with Crippen LogP contribution in [-0.2, 0) is 0 Å². The number of carbonyl (C=O) groups excluding carboxylic acids is 1. The van der Waals surface area contributed by atoms with Crippen LogP contribution >= 0.6 is 0 Å². The lowest BCUT2D eigenvalue weighted by Gasteiger charge is -2.06. The summed E-state index contributed by atoms with van der Waals surface area (Å²) in [5.41, 5.74) is 6.09. The maximum Gasteiger partial charge on any atom is 0.255 e. The minimum Gasteiger partial charge on any atom is -0.436 e. The highest BCUT2D eigenvalue weighted by molar-refractivity contribution is 5.92. The van der Waals surface area contributed by atoms with Crippen LogP contribution in [0.2, 0.25) is 0 Å². The zero-order valence-electron chi connectivity index (χ0n) is 9.68. The number of pyridine rings is 1. The maximum atomic E-state index is 13.6. The summed E-state index contributed by atoms with van der Waals surface area (Å²) in [4.78, 5) is 14.6. The van der Waals surface area contributed by atoms with Crippen molar-refractivity contribution in [1.82, 2.24) is 4.98 Å². The molecule has 18 heavy (non-hydrogen) atoms. The molecule has 0 radical (unpaired) electrons. The first-order valence-electron chi connectivity index (χ1n) is 5.26. The average molecular weight is 246 g/mol. The Morgan fingerprint density at radius 3 is 2.56 bits per heavy atom. The van der Waals surface area contributed by atoms with E-state index in [2.05, 4.69) is 4.98 Å². The Morgan fingerprint density at radius 2 is 2.00 bits per heavy atom. The molecule has 0 aliphatic carbocycles. The van der Waals surface area contributed by atoms with E-state index in [-0.39, 0.29) is 11.4 Å². The summed E-state index contributed by atoms with van der Waals surface area (Å²) in [6, 6.07) is 8.09. The summed E-state index contributed by atoms with van der Waals surface area (Å²) >= 11 is 0. The standard InChI is InChI=1S/C13H11FN2O2/c1-8-2-4-10(5-3-8)18-13-11(14)6-9(7-16-13)12(15)17/h2-7H,1H3,(H2,15,17). The van der Waals surface area contributed by atoms with Crippen molar-refractivity contribution >= 4 is 5.91 Å². The molecule has 0 saturated heterocycles. The van der Waals surface area contributed by atoms with Crippen LogP contribution in [0.1, 0.15) is 15.9 Å². The Kier molecular flexibility index (Phi) is 3.23. The summed E-state index contributed by atoms with van der Waals surface area (Å²) in [7, 11) is 0. The summed E-state index contributed by atoms with van der Waals surface area (Å²) in [5, 5.41) is 0. The van der Waals surface area contributed by atoms with Crippen molar-refractivity contribution in [3.05, 3.63) is 53.5 Å². The topological polar surface area (TPSA) is 65.2 Å². The Labute approximate surface area is 103 Å². The number of nitrogens with zero attached hydrogens (tertiary/aromatic N) is 1. The van der Waals surface area contributed by atoms with Gasteiger partial charge in [0.05, 0.1) is 5.56 Å². The number of nitrogens with two attached hydrogens (primary N) is 1.